The van der Waals surface area contributed by atoms with Gasteiger partial charge in [0.15, 0.2) is 0 Å². The molecule has 27 heavy (non-hydrogen) atoms. The Morgan fingerprint density at radius 3 is 2.48 bits per heavy atom. The van der Waals surface area contributed by atoms with Crippen LogP contribution in [0.1, 0.15) is 36.7 Å². The van der Waals surface area contributed by atoms with Gasteiger partial charge < -0.3 is 5.32 Å². The quantitative estimate of drug-likeness (QED) is 0.762. The Kier molecular flexibility index (Phi) is 6.62. The summed E-state index contributed by atoms with van der Waals surface area (Å²) in [6, 6.07) is 10.2. The van der Waals surface area contributed by atoms with Crippen LogP contribution < -0.4 is 10.0 Å². The minimum Gasteiger partial charge on any atom is -0.352 e. The Morgan fingerprint density at radius 2 is 1.85 bits per heavy atom. The second-order valence-corrected chi connectivity index (χ2v) is 9.19. The number of hydrogen-bond acceptors (Lipinski definition) is 3. The van der Waals surface area contributed by atoms with E-state index in [4.69, 9.17) is 11.6 Å². The molecule has 0 aliphatic heterocycles. The smallest absolute Gasteiger partial charge is 0.251 e. The molecule has 0 spiro atoms. The van der Waals surface area contributed by atoms with Gasteiger partial charge in [0.2, 0.25) is 10.0 Å². The normalized spacial score (nSPS) is 12.0. The number of nitrogens with one attached hydrogen (secondary N) is 2. The SMILES string of the molecule is CC(C)(C)NS(=O)(=O)c1cc(C(=O)NCCc2cccc(F)c2)ccc1Cl. The van der Waals surface area contributed by atoms with Gasteiger partial charge >= 0.3 is 0 Å². The van der Waals surface area contributed by atoms with Gasteiger partial charge in [-0.1, -0.05) is 23.7 Å². The fourth-order valence-electron chi connectivity index (χ4n) is 2.42. The highest BCUT2D eigenvalue weighted by Crippen LogP contribution is 2.24. The zero-order valence-corrected chi connectivity index (χ0v) is 16.9. The maximum atomic E-state index is 13.2. The van der Waals surface area contributed by atoms with Gasteiger partial charge in [-0.3, -0.25) is 4.79 Å². The average Bonchev–Trinajstić information content (AvgIpc) is 2.52. The number of hydrogen-bond donors (Lipinski definition) is 2. The van der Waals surface area contributed by atoms with Crippen LogP contribution in [0.3, 0.4) is 0 Å². The van der Waals surface area contributed by atoms with Crippen LogP contribution in [-0.2, 0) is 16.4 Å². The molecule has 0 fully saturated rings. The fraction of sp³-hybridized carbons (Fsp3) is 0.316. The van der Waals surface area contributed by atoms with Gasteiger partial charge in [0.05, 0.1) is 5.02 Å². The van der Waals surface area contributed by atoms with Gasteiger partial charge in [0, 0.05) is 17.6 Å². The van der Waals surface area contributed by atoms with Crippen LogP contribution in [0.2, 0.25) is 5.02 Å². The van der Waals surface area contributed by atoms with Crippen LogP contribution in [-0.4, -0.2) is 26.4 Å². The van der Waals surface area contributed by atoms with Gasteiger partial charge in [-0.05, 0) is 63.1 Å². The van der Waals surface area contributed by atoms with Gasteiger partial charge in [-0.25, -0.2) is 17.5 Å². The third-order valence-electron chi connectivity index (χ3n) is 3.51. The molecule has 0 radical (unpaired) electrons. The van der Waals surface area contributed by atoms with Crippen LogP contribution >= 0.6 is 11.6 Å². The molecule has 0 unspecified atom stereocenters. The Balaban J connectivity index is 2.11. The van der Waals surface area contributed by atoms with E-state index in [1.807, 2.05) is 0 Å². The summed E-state index contributed by atoms with van der Waals surface area (Å²) in [6.07, 6.45) is 0.452. The highest BCUT2D eigenvalue weighted by atomic mass is 35.5. The Labute approximate surface area is 164 Å². The molecule has 0 aliphatic carbocycles. The molecule has 2 N–H and O–H groups in total. The van der Waals surface area contributed by atoms with Crippen molar-refractivity contribution in [2.75, 3.05) is 6.54 Å². The first-order valence-electron chi connectivity index (χ1n) is 8.34. The molecule has 1 amide bonds. The van der Waals surface area contributed by atoms with E-state index in [1.54, 1.807) is 32.9 Å². The van der Waals surface area contributed by atoms with Gasteiger partial charge in [-0.2, -0.15) is 0 Å². The lowest BCUT2D eigenvalue weighted by Gasteiger charge is -2.21. The van der Waals surface area contributed by atoms with Crippen LogP contribution in [0.15, 0.2) is 47.4 Å². The summed E-state index contributed by atoms with van der Waals surface area (Å²) in [5.41, 5.74) is 0.239. The largest absolute Gasteiger partial charge is 0.352 e. The Bertz CT molecular complexity index is 940. The lowest BCUT2D eigenvalue weighted by molar-refractivity contribution is 0.0954. The molecule has 2 aromatic carbocycles. The predicted octanol–water partition coefficient (Wildman–Crippen LogP) is 3.53. The highest BCUT2D eigenvalue weighted by Gasteiger charge is 2.25. The number of carbonyl (C=O) groups excluding carboxylic acids is 1. The van der Waals surface area contributed by atoms with Crippen LogP contribution in [0.5, 0.6) is 0 Å². The molecule has 0 atom stereocenters. The summed E-state index contributed by atoms with van der Waals surface area (Å²) in [4.78, 5) is 12.2. The monoisotopic (exact) mass is 412 g/mol. The van der Waals surface area contributed by atoms with Gasteiger partial charge in [-0.15, -0.1) is 0 Å². The van der Waals surface area contributed by atoms with Crippen molar-refractivity contribution in [1.29, 1.82) is 0 Å². The van der Waals surface area contributed by atoms with Crippen LogP contribution in [0.25, 0.3) is 0 Å². The third kappa shape index (κ3) is 6.30. The summed E-state index contributed by atoms with van der Waals surface area (Å²) >= 11 is 6.03. The maximum absolute atomic E-state index is 13.2. The number of halogens is 2. The van der Waals surface area contributed by atoms with Crippen molar-refractivity contribution in [2.45, 2.75) is 37.6 Å². The molecule has 0 aliphatic rings. The van der Waals surface area contributed by atoms with Gasteiger partial charge in [0.25, 0.3) is 5.91 Å². The van der Waals surface area contributed by atoms with E-state index in [0.717, 1.165) is 5.56 Å². The Morgan fingerprint density at radius 1 is 1.15 bits per heavy atom. The third-order valence-corrected chi connectivity index (χ3v) is 5.75. The molecule has 146 valence electrons. The van der Waals surface area contributed by atoms with E-state index < -0.39 is 21.5 Å². The molecular weight excluding hydrogens is 391 g/mol. The van der Waals surface area contributed by atoms with E-state index >= 15 is 0 Å². The van der Waals surface area contributed by atoms with Crippen LogP contribution in [0, 0.1) is 5.82 Å². The topological polar surface area (TPSA) is 75.3 Å². The molecule has 0 saturated carbocycles. The van der Waals surface area contributed by atoms with E-state index in [9.17, 15) is 17.6 Å². The van der Waals surface area contributed by atoms with Crippen molar-refractivity contribution in [1.82, 2.24) is 10.0 Å². The van der Waals surface area contributed by atoms with Crippen molar-refractivity contribution >= 4 is 27.5 Å². The molecular formula is C19H22ClFN2O3S. The number of carbonyl (C=O) groups is 1. The zero-order valence-electron chi connectivity index (χ0n) is 15.3. The van der Waals surface area contributed by atoms with E-state index in [-0.39, 0.29) is 27.8 Å². The molecule has 8 heteroatoms. The average molecular weight is 413 g/mol. The zero-order chi connectivity index (χ0) is 20.2. The molecule has 0 bridgehead atoms. The Hall–Kier alpha value is -1.96. The second-order valence-electron chi connectivity index (χ2n) is 7.14. The van der Waals surface area contributed by atoms with Crippen molar-refractivity contribution in [3.63, 3.8) is 0 Å². The summed E-state index contributed by atoms with van der Waals surface area (Å²) in [6.45, 7) is 5.41. The maximum Gasteiger partial charge on any atom is 0.251 e. The first-order chi connectivity index (χ1) is 12.5. The fourth-order valence-corrected chi connectivity index (χ4v) is 4.37. The second kappa shape index (κ2) is 8.37. The molecule has 0 saturated heterocycles. The van der Waals surface area contributed by atoms with Crippen molar-refractivity contribution in [2.24, 2.45) is 0 Å². The van der Waals surface area contributed by atoms with Crippen molar-refractivity contribution in [3.8, 4) is 0 Å². The van der Waals surface area contributed by atoms with E-state index in [1.165, 1.54) is 30.3 Å². The number of benzene rings is 2. The van der Waals surface area contributed by atoms with E-state index in [2.05, 4.69) is 10.0 Å². The van der Waals surface area contributed by atoms with Crippen molar-refractivity contribution < 1.29 is 17.6 Å². The summed E-state index contributed by atoms with van der Waals surface area (Å²) < 4.78 is 40.7. The lowest BCUT2D eigenvalue weighted by atomic mass is 10.1. The molecule has 0 heterocycles. The highest BCUT2D eigenvalue weighted by molar-refractivity contribution is 7.89. The number of amides is 1. The van der Waals surface area contributed by atoms with Gasteiger partial charge in [0.1, 0.15) is 10.7 Å². The summed E-state index contributed by atoms with van der Waals surface area (Å²) in [5, 5.41) is 2.72. The van der Waals surface area contributed by atoms with Crippen molar-refractivity contribution in [3.05, 3.63) is 64.4 Å². The minimum absolute atomic E-state index is 0.0306. The standard InChI is InChI=1S/C19H22ClFN2O3S/c1-19(2,3)23-27(25,26)17-12-14(7-8-16(17)20)18(24)22-10-9-13-5-4-6-15(21)11-13/h4-8,11-12,23H,9-10H2,1-3H3,(H,22,24). The molecule has 2 rings (SSSR count). The van der Waals surface area contributed by atoms with E-state index in [0.29, 0.717) is 6.42 Å². The number of rotatable bonds is 6. The summed E-state index contributed by atoms with van der Waals surface area (Å²) in [7, 11) is -3.88. The number of sulfonamides is 1. The molecule has 2 aromatic rings. The lowest BCUT2D eigenvalue weighted by Crippen LogP contribution is -2.40. The molecule has 0 aromatic heterocycles. The minimum atomic E-state index is -3.88. The summed E-state index contributed by atoms with van der Waals surface area (Å²) in [5.74, 6) is -0.770. The molecule has 5 nitrogen and oxygen atoms in total. The van der Waals surface area contributed by atoms with Crippen LogP contribution in [0.4, 0.5) is 4.39 Å². The first kappa shape index (κ1) is 21.3. The first-order valence-corrected chi connectivity index (χ1v) is 10.2. The predicted molar refractivity (Wildman–Crippen MR) is 104 cm³/mol.